The monoisotopic (exact) mass is 197 g/mol. The lowest BCUT2D eigenvalue weighted by Gasteiger charge is -2.08. The van der Waals surface area contributed by atoms with Gasteiger partial charge in [-0.3, -0.25) is 9.59 Å². The lowest BCUT2D eigenvalue weighted by atomic mass is 11.3. The second-order valence-corrected chi connectivity index (χ2v) is 2.76. The van der Waals surface area contributed by atoms with Gasteiger partial charge < -0.3 is 19.3 Å². The van der Waals surface area contributed by atoms with Gasteiger partial charge in [-0.15, -0.1) is 0 Å². The minimum atomic E-state index is -4.49. The zero-order valence-corrected chi connectivity index (χ0v) is 6.43. The summed E-state index contributed by atoms with van der Waals surface area (Å²) in [5.41, 5.74) is 4.41. The largest absolute Gasteiger partial charge is 0.654 e. The van der Waals surface area contributed by atoms with Crippen molar-refractivity contribution in [2.24, 2.45) is 5.73 Å². The molecule has 9 heteroatoms. The highest BCUT2D eigenvalue weighted by molar-refractivity contribution is 7.50. The Balaban J connectivity index is 4.37. The van der Waals surface area contributed by atoms with Crippen LogP contribution in [0.4, 0.5) is 4.79 Å². The second-order valence-electron chi connectivity index (χ2n) is 1.26. The predicted octanol–water partition coefficient (Wildman–Crippen LogP) is -0.464. The SMILES string of the molecule is NC(=O)OP(=O)(OC=O)OC=O. The molecule has 0 aromatic carbocycles. The van der Waals surface area contributed by atoms with Crippen LogP contribution in [0.2, 0.25) is 0 Å². The number of amides is 1. The van der Waals surface area contributed by atoms with Crippen LogP contribution < -0.4 is 5.73 Å². The van der Waals surface area contributed by atoms with E-state index in [4.69, 9.17) is 0 Å². The maximum Gasteiger partial charge on any atom is 0.654 e. The van der Waals surface area contributed by atoms with Crippen LogP contribution in [0.1, 0.15) is 0 Å². The summed E-state index contributed by atoms with van der Waals surface area (Å²) < 4.78 is 21.9. The summed E-state index contributed by atoms with van der Waals surface area (Å²) in [6.45, 7) is -0.625. The van der Waals surface area contributed by atoms with Crippen LogP contribution in [0.3, 0.4) is 0 Å². The number of carbonyl (C=O) groups excluding carboxylic acids is 3. The lowest BCUT2D eigenvalue weighted by Crippen LogP contribution is -2.13. The summed E-state index contributed by atoms with van der Waals surface area (Å²) in [5.74, 6) is 0. The fourth-order valence-electron chi connectivity index (χ4n) is 0.283. The Bertz CT molecular complexity index is 223. The van der Waals surface area contributed by atoms with E-state index in [-0.39, 0.29) is 12.9 Å². The maximum absolute atomic E-state index is 10.8. The highest BCUT2D eigenvalue weighted by Gasteiger charge is 2.32. The van der Waals surface area contributed by atoms with Gasteiger partial charge in [-0.05, 0) is 0 Å². The van der Waals surface area contributed by atoms with E-state index in [0.29, 0.717) is 0 Å². The molecule has 0 bridgehead atoms. The molecule has 12 heavy (non-hydrogen) atoms. The van der Waals surface area contributed by atoms with E-state index < -0.39 is 13.9 Å². The zero-order chi connectivity index (χ0) is 9.61. The standard InChI is InChI=1S/C3H4NO7P/c4-3(7)11-12(8,9-1-5)10-2-6/h1-2H,(H2,4,7). The molecule has 1 amide bonds. The van der Waals surface area contributed by atoms with Gasteiger partial charge in [-0.1, -0.05) is 0 Å². The van der Waals surface area contributed by atoms with Gasteiger partial charge in [0.15, 0.2) is 0 Å². The third-order valence-electron chi connectivity index (χ3n) is 0.546. The second kappa shape index (κ2) is 4.35. The number of phosphoric ester groups is 1. The average molecular weight is 197 g/mol. The summed E-state index contributed by atoms with van der Waals surface area (Å²) in [6, 6.07) is 0. The van der Waals surface area contributed by atoms with Gasteiger partial charge in [0.1, 0.15) is 0 Å². The van der Waals surface area contributed by atoms with Crippen molar-refractivity contribution in [3.8, 4) is 0 Å². The molecule has 0 aliphatic rings. The maximum atomic E-state index is 10.8. The molecule has 0 aromatic heterocycles. The first-order valence-electron chi connectivity index (χ1n) is 2.37. The van der Waals surface area contributed by atoms with E-state index in [1.54, 1.807) is 0 Å². The summed E-state index contributed by atoms with van der Waals surface area (Å²) in [6.07, 6.45) is -1.50. The minimum Gasteiger partial charge on any atom is -0.354 e. The van der Waals surface area contributed by atoms with Crippen molar-refractivity contribution in [1.82, 2.24) is 0 Å². The van der Waals surface area contributed by atoms with Gasteiger partial charge in [0, 0.05) is 0 Å². The molecular formula is C3H4NO7P. The van der Waals surface area contributed by atoms with Crippen LogP contribution >= 0.6 is 7.82 Å². The van der Waals surface area contributed by atoms with Crippen molar-refractivity contribution in [3.05, 3.63) is 0 Å². The number of carbonyl (C=O) groups is 3. The zero-order valence-electron chi connectivity index (χ0n) is 5.54. The van der Waals surface area contributed by atoms with Crippen molar-refractivity contribution < 1.29 is 32.5 Å². The molecule has 2 N–H and O–H groups in total. The van der Waals surface area contributed by atoms with E-state index in [2.05, 4.69) is 19.3 Å². The minimum absolute atomic E-state index is 0.312. The van der Waals surface area contributed by atoms with Crippen LogP contribution in [0.25, 0.3) is 0 Å². The van der Waals surface area contributed by atoms with E-state index >= 15 is 0 Å². The first kappa shape index (κ1) is 10.4. The third kappa shape index (κ3) is 3.57. The summed E-state index contributed by atoms with van der Waals surface area (Å²) in [5, 5.41) is 0. The highest BCUT2D eigenvalue weighted by atomic mass is 31.2. The molecule has 0 radical (unpaired) electrons. The normalized spacial score (nSPS) is 9.67. The number of primary amides is 1. The van der Waals surface area contributed by atoms with Gasteiger partial charge in [-0.25, -0.2) is 4.79 Å². The van der Waals surface area contributed by atoms with Crippen LogP contribution in [0.5, 0.6) is 0 Å². The third-order valence-corrected chi connectivity index (χ3v) is 1.64. The number of hydrogen-bond acceptors (Lipinski definition) is 7. The molecule has 0 saturated heterocycles. The molecule has 8 nitrogen and oxygen atoms in total. The topological polar surface area (TPSA) is 122 Å². The van der Waals surface area contributed by atoms with Crippen molar-refractivity contribution in [2.75, 3.05) is 0 Å². The van der Waals surface area contributed by atoms with Crippen molar-refractivity contribution in [3.63, 3.8) is 0 Å². The molecule has 0 saturated carbocycles. The first-order valence-corrected chi connectivity index (χ1v) is 3.83. The van der Waals surface area contributed by atoms with E-state index in [1.807, 2.05) is 0 Å². The van der Waals surface area contributed by atoms with Crippen molar-refractivity contribution in [1.29, 1.82) is 0 Å². The van der Waals surface area contributed by atoms with Gasteiger partial charge in [0.25, 0.3) is 0 Å². The molecule has 0 rings (SSSR count). The number of phosphoric acid groups is 1. The Morgan fingerprint density at radius 1 is 1.25 bits per heavy atom. The fourth-order valence-corrected chi connectivity index (χ4v) is 0.850. The molecule has 0 aromatic rings. The highest BCUT2D eigenvalue weighted by Crippen LogP contribution is 2.47. The number of hydrogen-bond donors (Lipinski definition) is 1. The molecule has 0 spiro atoms. The molecule has 0 aliphatic heterocycles. The van der Waals surface area contributed by atoms with E-state index in [0.717, 1.165) is 0 Å². The smallest absolute Gasteiger partial charge is 0.354 e. The number of nitrogens with two attached hydrogens (primary N) is 1. The summed E-state index contributed by atoms with van der Waals surface area (Å²) in [7, 11) is -4.49. The Labute approximate surface area is 66.2 Å². The molecule has 0 aliphatic carbocycles. The predicted molar refractivity (Wildman–Crippen MR) is 32.6 cm³/mol. The Morgan fingerprint density at radius 3 is 1.92 bits per heavy atom. The molecule has 0 heterocycles. The Hall–Kier alpha value is -1.56. The molecular weight excluding hydrogens is 193 g/mol. The Morgan fingerprint density at radius 2 is 1.67 bits per heavy atom. The van der Waals surface area contributed by atoms with E-state index in [9.17, 15) is 18.9 Å². The van der Waals surface area contributed by atoms with Crippen LogP contribution in [0.15, 0.2) is 0 Å². The van der Waals surface area contributed by atoms with Gasteiger partial charge in [0.05, 0.1) is 0 Å². The fraction of sp³-hybridized carbons (Fsp3) is 0. The quantitative estimate of drug-likeness (QED) is 0.467. The van der Waals surface area contributed by atoms with Gasteiger partial charge >= 0.3 is 26.9 Å². The van der Waals surface area contributed by atoms with Crippen LogP contribution in [-0.2, 0) is 27.7 Å². The van der Waals surface area contributed by atoms with Crippen LogP contribution in [-0.4, -0.2) is 19.0 Å². The summed E-state index contributed by atoms with van der Waals surface area (Å²) >= 11 is 0. The first-order chi connectivity index (χ1) is 5.54. The van der Waals surface area contributed by atoms with E-state index in [1.165, 1.54) is 0 Å². The van der Waals surface area contributed by atoms with Crippen LogP contribution in [0, 0.1) is 0 Å². The summed E-state index contributed by atoms with van der Waals surface area (Å²) in [4.78, 5) is 29.3. The Kier molecular flexibility index (Phi) is 3.78. The van der Waals surface area contributed by atoms with Gasteiger partial charge in [-0.2, -0.15) is 4.57 Å². The van der Waals surface area contributed by atoms with Crippen molar-refractivity contribution in [2.45, 2.75) is 0 Å². The molecule has 0 fully saturated rings. The lowest BCUT2D eigenvalue weighted by molar-refractivity contribution is -0.125. The molecule has 0 unspecified atom stereocenters. The number of rotatable bonds is 5. The van der Waals surface area contributed by atoms with Gasteiger partial charge in [0.2, 0.25) is 0 Å². The molecule has 68 valence electrons. The average Bonchev–Trinajstić information content (AvgIpc) is 1.85. The molecule has 0 atom stereocenters. The van der Waals surface area contributed by atoms with Crippen molar-refractivity contribution >= 4 is 26.9 Å².